The number of nitrogens with one attached hydrogen (secondary N) is 2. The lowest BCUT2D eigenvalue weighted by Gasteiger charge is -2.18. The maximum absolute atomic E-state index is 12.1. The van der Waals surface area contributed by atoms with Crippen molar-refractivity contribution in [2.24, 2.45) is 0 Å². The summed E-state index contributed by atoms with van der Waals surface area (Å²) in [5.41, 5.74) is 0. The van der Waals surface area contributed by atoms with Crippen LogP contribution in [0.3, 0.4) is 0 Å². The van der Waals surface area contributed by atoms with Gasteiger partial charge in [-0.2, -0.15) is 10.1 Å². The van der Waals surface area contributed by atoms with Gasteiger partial charge in [0.05, 0.1) is 4.90 Å². The van der Waals surface area contributed by atoms with Gasteiger partial charge in [0.25, 0.3) is 10.0 Å². The Labute approximate surface area is 108 Å². The van der Waals surface area contributed by atoms with Crippen LogP contribution in [0.2, 0.25) is 0 Å². The number of sulfonamides is 1. The van der Waals surface area contributed by atoms with Crippen molar-refractivity contribution >= 4 is 16.0 Å². The van der Waals surface area contributed by atoms with Crippen molar-refractivity contribution in [2.75, 3.05) is 17.9 Å². The van der Waals surface area contributed by atoms with E-state index in [0.717, 1.165) is 0 Å². The van der Waals surface area contributed by atoms with E-state index in [-0.39, 0.29) is 10.8 Å². The van der Waals surface area contributed by atoms with Crippen molar-refractivity contribution in [3.05, 3.63) is 24.5 Å². The van der Waals surface area contributed by atoms with Gasteiger partial charge in [0.15, 0.2) is 11.5 Å². The third kappa shape index (κ3) is 2.32. The van der Waals surface area contributed by atoms with Crippen LogP contribution in [0, 0.1) is 0 Å². The molecule has 0 saturated heterocycles. The molecule has 9 heteroatoms. The fourth-order valence-corrected chi connectivity index (χ4v) is 2.61. The second-order valence-corrected chi connectivity index (χ2v) is 5.43. The minimum atomic E-state index is -3.74. The minimum Gasteiger partial charge on any atom is -0.486 e. The monoisotopic (exact) mass is 282 g/mol. The highest BCUT2D eigenvalue weighted by Gasteiger charge is 2.20. The normalized spacial score (nSPS) is 14.1. The molecule has 0 bridgehead atoms. The predicted molar refractivity (Wildman–Crippen MR) is 64.6 cm³/mol. The highest BCUT2D eigenvalue weighted by molar-refractivity contribution is 7.92. The molecule has 2 heterocycles. The van der Waals surface area contributed by atoms with E-state index < -0.39 is 10.0 Å². The van der Waals surface area contributed by atoms with Crippen LogP contribution >= 0.6 is 0 Å². The first-order valence-electron chi connectivity index (χ1n) is 5.43. The number of ether oxygens (including phenoxy) is 2. The van der Waals surface area contributed by atoms with Crippen LogP contribution in [-0.2, 0) is 10.0 Å². The number of aromatic nitrogens is 3. The first-order chi connectivity index (χ1) is 9.15. The average molecular weight is 282 g/mol. The van der Waals surface area contributed by atoms with Gasteiger partial charge in [-0.3, -0.25) is 0 Å². The zero-order valence-electron chi connectivity index (χ0n) is 9.66. The minimum absolute atomic E-state index is 0.0508. The van der Waals surface area contributed by atoms with Gasteiger partial charge >= 0.3 is 0 Å². The van der Waals surface area contributed by atoms with Crippen LogP contribution in [0.1, 0.15) is 0 Å². The number of anilines is 1. The Morgan fingerprint density at radius 3 is 2.74 bits per heavy atom. The fraction of sp³-hybridized carbons (Fsp3) is 0.200. The summed E-state index contributed by atoms with van der Waals surface area (Å²) in [6.07, 6.45) is 1.21. The molecule has 0 saturated carbocycles. The van der Waals surface area contributed by atoms with Gasteiger partial charge in [-0.25, -0.2) is 18.2 Å². The summed E-state index contributed by atoms with van der Waals surface area (Å²) in [5.74, 6) is 0.992. The molecule has 0 unspecified atom stereocenters. The molecule has 0 spiro atoms. The summed E-state index contributed by atoms with van der Waals surface area (Å²) in [5, 5.41) is 5.98. The zero-order valence-corrected chi connectivity index (χ0v) is 10.5. The zero-order chi connectivity index (χ0) is 13.3. The number of aromatic amines is 1. The lowest BCUT2D eigenvalue weighted by atomic mass is 10.3. The summed E-state index contributed by atoms with van der Waals surface area (Å²) in [4.78, 5) is 3.76. The van der Waals surface area contributed by atoms with E-state index >= 15 is 0 Å². The second-order valence-electron chi connectivity index (χ2n) is 3.75. The van der Waals surface area contributed by atoms with Crippen LogP contribution in [0.5, 0.6) is 11.5 Å². The number of benzene rings is 1. The Balaban J connectivity index is 1.93. The second kappa shape index (κ2) is 4.43. The summed E-state index contributed by atoms with van der Waals surface area (Å²) in [6, 6.07) is 4.41. The molecule has 0 fully saturated rings. The Bertz CT molecular complexity index is 684. The highest BCUT2D eigenvalue weighted by atomic mass is 32.2. The van der Waals surface area contributed by atoms with E-state index in [1.165, 1.54) is 18.5 Å². The van der Waals surface area contributed by atoms with E-state index in [1.54, 1.807) is 6.07 Å². The van der Waals surface area contributed by atoms with Crippen molar-refractivity contribution in [2.45, 2.75) is 4.90 Å². The third-order valence-electron chi connectivity index (χ3n) is 2.47. The van der Waals surface area contributed by atoms with E-state index in [0.29, 0.717) is 24.7 Å². The molecule has 8 nitrogen and oxygen atoms in total. The number of nitrogens with zero attached hydrogens (tertiary/aromatic N) is 2. The van der Waals surface area contributed by atoms with E-state index in [9.17, 15) is 8.42 Å². The Kier molecular flexibility index (Phi) is 2.75. The first kappa shape index (κ1) is 11.8. The lowest BCUT2D eigenvalue weighted by molar-refractivity contribution is 0.171. The summed E-state index contributed by atoms with van der Waals surface area (Å²) in [6.45, 7) is 0.849. The Morgan fingerprint density at radius 1 is 1.21 bits per heavy atom. The van der Waals surface area contributed by atoms with Gasteiger partial charge < -0.3 is 9.47 Å². The molecule has 100 valence electrons. The molecule has 3 rings (SSSR count). The van der Waals surface area contributed by atoms with Gasteiger partial charge in [0.2, 0.25) is 5.95 Å². The first-order valence-corrected chi connectivity index (χ1v) is 6.91. The van der Waals surface area contributed by atoms with Gasteiger partial charge in [0.1, 0.15) is 19.5 Å². The average Bonchev–Trinajstić information content (AvgIpc) is 2.90. The van der Waals surface area contributed by atoms with Crippen LogP contribution in [0.4, 0.5) is 5.95 Å². The standard InChI is InChI=1S/C10H10N4O4S/c15-19(16,14-10-11-6-12-13-10)7-1-2-8-9(5-7)18-4-3-17-8/h1-2,5-6H,3-4H2,(H2,11,12,13,14). The van der Waals surface area contributed by atoms with E-state index in [4.69, 9.17) is 9.47 Å². The number of fused-ring (bicyclic) bond motifs is 1. The molecular formula is C10H10N4O4S. The maximum atomic E-state index is 12.1. The molecule has 1 aromatic heterocycles. The van der Waals surface area contributed by atoms with Crippen LogP contribution in [0.15, 0.2) is 29.4 Å². The summed E-state index contributed by atoms with van der Waals surface area (Å²) >= 11 is 0. The number of hydrogen-bond acceptors (Lipinski definition) is 6. The van der Waals surface area contributed by atoms with Gasteiger partial charge in [-0.1, -0.05) is 0 Å². The molecule has 2 N–H and O–H groups in total. The van der Waals surface area contributed by atoms with Crippen molar-refractivity contribution in [1.29, 1.82) is 0 Å². The van der Waals surface area contributed by atoms with Gasteiger partial charge in [-0.15, -0.1) is 0 Å². The highest BCUT2D eigenvalue weighted by Crippen LogP contribution is 2.32. The molecule has 0 aliphatic carbocycles. The molecule has 0 amide bonds. The summed E-state index contributed by atoms with van der Waals surface area (Å²) < 4.78 is 37.1. The van der Waals surface area contributed by atoms with Crippen molar-refractivity contribution < 1.29 is 17.9 Å². The quantitative estimate of drug-likeness (QED) is 0.842. The predicted octanol–water partition coefficient (Wildman–Crippen LogP) is 0.377. The molecule has 1 aliphatic heterocycles. The maximum Gasteiger partial charge on any atom is 0.264 e. The molecule has 2 aromatic rings. The van der Waals surface area contributed by atoms with Gasteiger partial charge in [0, 0.05) is 6.07 Å². The third-order valence-corrected chi connectivity index (χ3v) is 3.81. The number of H-pyrrole nitrogens is 1. The Hall–Kier alpha value is -2.29. The largest absolute Gasteiger partial charge is 0.486 e. The molecule has 0 radical (unpaired) electrons. The summed E-state index contributed by atoms with van der Waals surface area (Å²) in [7, 11) is -3.74. The fourth-order valence-electron chi connectivity index (χ4n) is 1.63. The van der Waals surface area contributed by atoms with E-state index in [1.807, 2.05) is 0 Å². The molecule has 1 aromatic carbocycles. The molecule has 1 aliphatic rings. The van der Waals surface area contributed by atoms with Crippen LogP contribution in [0.25, 0.3) is 0 Å². The smallest absolute Gasteiger partial charge is 0.264 e. The van der Waals surface area contributed by atoms with Crippen LogP contribution < -0.4 is 14.2 Å². The number of rotatable bonds is 3. The van der Waals surface area contributed by atoms with Gasteiger partial charge in [-0.05, 0) is 12.1 Å². The van der Waals surface area contributed by atoms with Crippen molar-refractivity contribution in [3.8, 4) is 11.5 Å². The molecule has 0 atom stereocenters. The van der Waals surface area contributed by atoms with E-state index in [2.05, 4.69) is 19.9 Å². The lowest BCUT2D eigenvalue weighted by Crippen LogP contribution is -2.17. The SMILES string of the molecule is O=S(=O)(Nc1ncn[nH]1)c1ccc2c(c1)OCCO2. The Morgan fingerprint density at radius 2 is 2.00 bits per heavy atom. The van der Waals surface area contributed by atoms with Crippen LogP contribution in [-0.4, -0.2) is 36.8 Å². The molecular weight excluding hydrogens is 272 g/mol. The molecule has 19 heavy (non-hydrogen) atoms. The van der Waals surface area contributed by atoms with Crippen molar-refractivity contribution in [3.63, 3.8) is 0 Å². The number of hydrogen-bond donors (Lipinski definition) is 2. The topological polar surface area (TPSA) is 106 Å². The van der Waals surface area contributed by atoms with Crippen molar-refractivity contribution in [1.82, 2.24) is 15.2 Å².